The van der Waals surface area contributed by atoms with Crippen molar-refractivity contribution in [1.29, 1.82) is 0 Å². The van der Waals surface area contributed by atoms with Crippen molar-refractivity contribution in [3.63, 3.8) is 0 Å². The van der Waals surface area contributed by atoms with Crippen molar-refractivity contribution >= 4 is 23.6 Å². The van der Waals surface area contributed by atoms with Gasteiger partial charge in [-0.15, -0.1) is 0 Å². The van der Waals surface area contributed by atoms with Crippen LogP contribution in [0, 0.1) is 11.6 Å². The third-order valence-electron chi connectivity index (χ3n) is 5.30. The first-order valence-corrected chi connectivity index (χ1v) is 11.1. The number of amides is 3. The van der Waals surface area contributed by atoms with E-state index in [1.807, 2.05) is 0 Å². The first-order chi connectivity index (χ1) is 16.4. The van der Waals surface area contributed by atoms with E-state index < -0.39 is 47.2 Å². The molecule has 0 bridgehead atoms. The minimum Gasteiger partial charge on any atom is -0.496 e. The molecule has 3 N–H and O–H groups in total. The van der Waals surface area contributed by atoms with E-state index in [1.165, 1.54) is 7.11 Å². The maximum absolute atomic E-state index is 14.2. The average Bonchev–Trinajstić information content (AvgIpc) is 2.75. The summed E-state index contributed by atoms with van der Waals surface area (Å²) in [5.41, 5.74) is 0.539. The van der Waals surface area contributed by atoms with E-state index in [9.17, 15) is 23.2 Å². The summed E-state index contributed by atoms with van der Waals surface area (Å²) in [6.07, 6.45) is -1.05. The van der Waals surface area contributed by atoms with Gasteiger partial charge in [0.1, 0.15) is 29.0 Å². The second-order valence-corrected chi connectivity index (χ2v) is 9.29. The summed E-state index contributed by atoms with van der Waals surface area (Å²) < 4.78 is 38.5. The molecule has 188 valence electrons. The molecule has 2 aromatic rings. The van der Waals surface area contributed by atoms with E-state index >= 15 is 0 Å². The van der Waals surface area contributed by atoms with Gasteiger partial charge in [-0.2, -0.15) is 0 Å². The smallest absolute Gasteiger partial charge is 0.407 e. The fourth-order valence-corrected chi connectivity index (χ4v) is 3.81. The predicted octanol–water partition coefficient (Wildman–Crippen LogP) is 3.48. The van der Waals surface area contributed by atoms with Crippen molar-refractivity contribution in [3.05, 3.63) is 59.2 Å². The topological polar surface area (TPSA) is 106 Å². The van der Waals surface area contributed by atoms with Crippen molar-refractivity contribution in [1.82, 2.24) is 10.6 Å². The zero-order chi connectivity index (χ0) is 25.8. The fourth-order valence-electron chi connectivity index (χ4n) is 3.81. The Kier molecular flexibility index (Phi) is 7.93. The normalized spacial score (nSPS) is 15.9. The molecule has 1 unspecified atom stereocenters. The summed E-state index contributed by atoms with van der Waals surface area (Å²) in [7, 11) is 1.51. The summed E-state index contributed by atoms with van der Waals surface area (Å²) in [5.74, 6) is -1.69. The van der Waals surface area contributed by atoms with Crippen molar-refractivity contribution in [2.75, 3.05) is 12.4 Å². The molecule has 0 aliphatic carbocycles. The first-order valence-electron chi connectivity index (χ1n) is 11.1. The van der Waals surface area contributed by atoms with Crippen LogP contribution >= 0.6 is 0 Å². The first kappa shape index (κ1) is 25.9. The number of hydrogen-bond acceptors (Lipinski definition) is 5. The number of carbonyl (C=O) groups excluding carboxylic acids is 3. The Balaban J connectivity index is 1.73. The molecule has 2 aromatic carbocycles. The molecule has 0 saturated carbocycles. The molecule has 3 rings (SSSR count). The molecule has 0 aromatic heterocycles. The number of alkyl carbamates (subject to hydrolysis) is 1. The number of nitrogens with one attached hydrogen (secondary N) is 3. The molecule has 0 fully saturated rings. The largest absolute Gasteiger partial charge is 0.496 e. The highest BCUT2D eigenvalue weighted by molar-refractivity contribution is 6.00. The molecule has 0 radical (unpaired) electrons. The van der Waals surface area contributed by atoms with Gasteiger partial charge in [0.25, 0.3) is 0 Å². The third-order valence-corrected chi connectivity index (χ3v) is 5.30. The van der Waals surface area contributed by atoms with Crippen LogP contribution in [0.2, 0.25) is 0 Å². The summed E-state index contributed by atoms with van der Waals surface area (Å²) in [4.78, 5) is 37.7. The third kappa shape index (κ3) is 7.14. The van der Waals surface area contributed by atoms with Crippen molar-refractivity contribution < 1.29 is 32.6 Å². The maximum atomic E-state index is 14.2. The van der Waals surface area contributed by atoms with Gasteiger partial charge in [0.15, 0.2) is 0 Å². The van der Waals surface area contributed by atoms with Gasteiger partial charge in [0, 0.05) is 30.1 Å². The van der Waals surface area contributed by atoms with Crippen LogP contribution in [0.15, 0.2) is 36.4 Å². The van der Waals surface area contributed by atoms with Crippen LogP contribution in [-0.4, -0.2) is 42.7 Å². The molecule has 1 heterocycles. The SMILES string of the molecule is COc1cccc2c1CC(NC(=O)C[C@@H](Cc1cc(F)ccc1F)NC(=O)OC(C)(C)C)C(=O)N2. The zero-order valence-corrected chi connectivity index (χ0v) is 20.0. The molecule has 3 amide bonds. The van der Waals surface area contributed by atoms with Gasteiger partial charge in [-0.25, -0.2) is 13.6 Å². The van der Waals surface area contributed by atoms with Gasteiger partial charge in [-0.3, -0.25) is 9.59 Å². The lowest BCUT2D eigenvalue weighted by Gasteiger charge is -2.28. The highest BCUT2D eigenvalue weighted by Crippen LogP contribution is 2.31. The second kappa shape index (κ2) is 10.7. The summed E-state index contributed by atoms with van der Waals surface area (Å²) in [6, 6.07) is 6.41. The van der Waals surface area contributed by atoms with Gasteiger partial charge in [0.05, 0.1) is 7.11 Å². The number of fused-ring (bicyclic) bond motifs is 1. The van der Waals surface area contributed by atoms with Crippen LogP contribution in [0.4, 0.5) is 19.3 Å². The number of hydrogen-bond donors (Lipinski definition) is 3. The van der Waals surface area contributed by atoms with Crippen LogP contribution in [0.5, 0.6) is 5.75 Å². The number of ether oxygens (including phenoxy) is 2. The van der Waals surface area contributed by atoms with Gasteiger partial charge < -0.3 is 25.4 Å². The highest BCUT2D eigenvalue weighted by Gasteiger charge is 2.31. The molecule has 0 spiro atoms. The summed E-state index contributed by atoms with van der Waals surface area (Å²) >= 11 is 0. The average molecular weight is 490 g/mol. The van der Waals surface area contributed by atoms with Crippen molar-refractivity contribution in [2.45, 2.75) is 57.7 Å². The lowest BCUT2D eigenvalue weighted by atomic mass is 9.97. The molecule has 8 nitrogen and oxygen atoms in total. The molecule has 10 heteroatoms. The molecular weight excluding hydrogens is 460 g/mol. The number of anilines is 1. The highest BCUT2D eigenvalue weighted by atomic mass is 19.1. The van der Waals surface area contributed by atoms with Gasteiger partial charge in [-0.05, 0) is 63.1 Å². The van der Waals surface area contributed by atoms with Gasteiger partial charge >= 0.3 is 6.09 Å². The van der Waals surface area contributed by atoms with E-state index in [2.05, 4.69) is 16.0 Å². The fraction of sp³-hybridized carbons (Fsp3) is 0.400. The van der Waals surface area contributed by atoms with Crippen LogP contribution in [0.1, 0.15) is 38.3 Å². The minimum atomic E-state index is -0.922. The number of methoxy groups -OCH3 is 1. The van der Waals surface area contributed by atoms with Crippen molar-refractivity contribution in [2.24, 2.45) is 0 Å². The van der Waals surface area contributed by atoms with E-state index in [4.69, 9.17) is 9.47 Å². The zero-order valence-electron chi connectivity index (χ0n) is 20.0. The van der Waals surface area contributed by atoms with E-state index in [0.29, 0.717) is 11.4 Å². The Labute approximate surface area is 202 Å². The number of halogens is 2. The van der Waals surface area contributed by atoms with Gasteiger partial charge in [0.2, 0.25) is 11.8 Å². The van der Waals surface area contributed by atoms with Crippen molar-refractivity contribution in [3.8, 4) is 5.75 Å². The Hall–Kier alpha value is -3.69. The number of benzene rings is 2. The predicted molar refractivity (Wildman–Crippen MR) is 125 cm³/mol. The second-order valence-electron chi connectivity index (χ2n) is 9.29. The maximum Gasteiger partial charge on any atom is 0.407 e. The summed E-state index contributed by atoms with van der Waals surface area (Å²) in [6.45, 7) is 5.02. The van der Waals surface area contributed by atoms with E-state index in [0.717, 1.165) is 23.8 Å². The quantitative estimate of drug-likeness (QED) is 0.552. The minimum absolute atomic E-state index is 0.00654. The molecule has 2 atom stereocenters. The Bertz CT molecular complexity index is 1120. The molecule has 1 aliphatic heterocycles. The number of rotatable bonds is 7. The number of carbonyl (C=O) groups is 3. The molecular formula is C25H29F2N3O5. The van der Waals surface area contributed by atoms with Crippen LogP contribution in [-0.2, 0) is 27.2 Å². The molecule has 35 heavy (non-hydrogen) atoms. The van der Waals surface area contributed by atoms with E-state index in [1.54, 1.807) is 39.0 Å². The Morgan fingerprint density at radius 1 is 1.20 bits per heavy atom. The van der Waals surface area contributed by atoms with Crippen LogP contribution < -0.4 is 20.7 Å². The monoisotopic (exact) mass is 489 g/mol. The van der Waals surface area contributed by atoms with Crippen LogP contribution in [0.25, 0.3) is 0 Å². The standard InChI is InChI=1S/C25H29F2N3O5/c1-25(2,3)35-24(33)28-16(11-14-10-15(26)8-9-18(14)27)12-22(31)29-20-13-17-19(30-23(20)32)6-5-7-21(17)34-4/h5-10,16,20H,11-13H2,1-4H3,(H,28,33)(H,29,31)(H,30,32)/t16-,20?/m1/s1. The Morgan fingerprint density at radius 2 is 1.94 bits per heavy atom. The van der Waals surface area contributed by atoms with E-state index in [-0.39, 0.29) is 24.8 Å². The molecule has 1 aliphatic rings. The lowest BCUT2D eigenvalue weighted by Crippen LogP contribution is -2.50. The van der Waals surface area contributed by atoms with Gasteiger partial charge in [-0.1, -0.05) is 6.07 Å². The van der Waals surface area contributed by atoms with Crippen LogP contribution in [0.3, 0.4) is 0 Å². The summed E-state index contributed by atoms with van der Waals surface area (Å²) in [5, 5.41) is 7.95. The molecule has 0 saturated heterocycles. The lowest BCUT2D eigenvalue weighted by molar-refractivity contribution is -0.127. The Morgan fingerprint density at radius 3 is 2.63 bits per heavy atom.